The standard InChI is InChI=1S/C15H10BrNO4/c16-13-7-6-11(20-13)15(18)19-9-14-17-8-12(21-14)10-4-2-1-3-5-10/h1-8H,9H2. The summed E-state index contributed by atoms with van der Waals surface area (Å²) in [6.07, 6.45) is 1.60. The number of rotatable bonds is 4. The van der Waals surface area contributed by atoms with E-state index >= 15 is 0 Å². The van der Waals surface area contributed by atoms with Crippen LogP contribution < -0.4 is 0 Å². The van der Waals surface area contributed by atoms with E-state index in [1.165, 1.54) is 6.07 Å². The number of halogens is 1. The molecule has 5 nitrogen and oxygen atoms in total. The van der Waals surface area contributed by atoms with Crippen LogP contribution in [0.4, 0.5) is 0 Å². The molecule has 0 fully saturated rings. The zero-order valence-corrected chi connectivity index (χ0v) is 12.4. The quantitative estimate of drug-likeness (QED) is 0.666. The van der Waals surface area contributed by atoms with Gasteiger partial charge >= 0.3 is 5.97 Å². The highest BCUT2D eigenvalue weighted by atomic mass is 79.9. The van der Waals surface area contributed by atoms with Gasteiger partial charge in [0.1, 0.15) is 0 Å². The number of aromatic nitrogens is 1. The van der Waals surface area contributed by atoms with E-state index in [1.807, 2.05) is 30.3 Å². The Bertz CT molecular complexity index is 748. The van der Waals surface area contributed by atoms with Crippen LogP contribution in [0.25, 0.3) is 11.3 Å². The largest absolute Gasteiger partial charge is 0.450 e. The van der Waals surface area contributed by atoms with Gasteiger partial charge in [-0.2, -0.15) is 0 Å². The molecular formula is C15H10BrNO4. The van der Waals surface area contributed by atoms with Crippen LogP contribution in [-0.2, 0) is 11.3 Å². The number of hydrogen-bond donors (Lipinski definition) is 0. The third-order valence-electron chi connectivity index (χ3n) is 2.71. The summed E-state index contributed by atoms with van der Waals surface area (Å²) in [6, 6.07) is 12.7. The Labute approximate surface area is 128 Å². The van der Waals surface area contributed by atoms with E-state index in [0.29, 0.717) is 16.3 Å². The fourth-order valence-corrected chi connectivity index (χ4v) is 2.04. The first-order valence-electron chi connectivity index (χ1n) is 6.15. The van der Waals surface area contributed by atoms with Gasteiger partial charge in [0.15, 0.2) is 17.0 Å². The van der Waals surface area contributed by atoms with Crippen molar-refractivity contribution >= 4 is 21.9 Å². The average molecular weight is 348 g/mol. The Morgan fingerprint density at radius 3 is 2.67 bits per heavy atom. The Kier molecular flexibility index (Phi) is 3.87. The predicted molar refractivity (Wildman–Crippen MR) is 77.5 cm³/mol. The van der Waals surface area contributed by atoms with Crippen LogP contribution in [0.1, 0.15) is 16.4 Å². The zero-order valence-electron chi connectivity index (χ0n) is 10.8. The molecule has 0 saturated heterocycles. The summed E-state index contributed by atoms with van der Waals surface area (Å²) in [5.41, 5.74) is 0.914. The third-order valence-corrected chi connectivity index (χ3v) is 3.14. The molecule has 21 heavy (non-hydrogen) atoms. The van der Waals surface area contributed by atoms with E-state index in [4.69, 9.17) is 13.6 Å². The van der Waals surface area contributed by atoms with Crippen LogP contribution in [0.15, 0.2) is 62.2 Å². The van der Waals surface area contributed by atoms with Crippen LogP contribution in [0.3, 0.4) is 0 Å². The van der Waals surface area contributed by atoms with Gasteiger partial charge in [-0.05, 0) is 28.1 Å². The number of furan rings is 1. The second-order valence-electron chi connectivity index (χ2n) is 4.16. The summed E-state index contributed by atoms with van der Waals surface area (Å²) in [5.74, 6) is 0.507. The molecule has 0 bridgehead atoms. The van der Waals surface area contributed by atoms with E-state index in [1.54, 1.807) is 12.3 Å². The lowest BCUT2D eigenvalue weighted by atomic mass is 10.2. The van der Waals surface area contributed by atoms with Gasteiger partial charge in [0.2, 0.25) is 11.7 Å². The molecule has 3 aromatic rings. The molecule has 2 aromatic heterocycles. The summed E-state index contributed by atoms with van der Waals surface area (Å²) in [7, 11) is 0. The molecule has 0 unspecified atom stereocenters. The number of nitrogens with zero attached hydrogens (tertiary/aromatic N) is 1. The molecule has 0 radical (unpaired) electrons. The van der Waals surface area contributed by atoms with Gasteiger partial charge in [-0.15, -0.1) is 0 Å². The number of oxazole rings is 1. The van der Waals surface area contributed by atoms with E-state index in [9.17, 15) is 4.79 Å². The maximum absolute atomic E-state index is 11.7. The molecule has 1 aromatic carbocycles. The lowest BCUT2D eigenvalue weighted by molar-refractivity contribution is 0.0401. The van der Waals surface area contributed by atoms with Gasteiger partial charge < -0.3 is 13.6 Å². The van der Waals surface area contributed by atoms with Gasteiger partial charge in [0.05, 0.1) is 6.20 Å². The smallest absolute Gasteiger partial charge is 0.374 e. The number of carbonyl (C=O) groups excluding carboxylic acids is 1. The molecule has 106 valence electrons. The van der Waals surface area contributed by atoms with Crippen LogP contribution in [-0.4, -0.2) is 11.0 Å². The molecule has 6 heteroatoms. The minimum atomic E-state index is -0.569. The summed E-state index contributed by atoms with van der Waals surface area (Å²) < 4.78 is 16.2. The van der Waals surface area contributed by atoms with Crippen molar-refractivity contribution in [2.24, 2.45) is 0 Å². The molecule has 2 heterocycles. The van der Waals surface area contributed by atoms with Crippen LogP contribution in [0.5, 0.6) is 0 Å². The summed E-state index contributed by atoms with van der Waals surface area (Å²) >= 11 is 3.12. The topological polar surface area (TPSA) is 65.5 Å². The summed E-state index contributed by atoms with van der Waals surface area (Å²) in [5, 5.41) is 0. The van der Waals surface area contributed by atoms with Gasteiger partial charge in [-0.25, -0.2) is 9.78 Å². The molecule has 0 aliphatic rings. The average Bonchev–Trinajstić information content (AvgIpc) is 3.15. The maximum Gasteiger partial charge on any atom is 0.374 e. The van der Waals surface area contributed by atoms with E-state index in [-0.39, 0.29) is 12.4 Å². The molecule has 0 amide bonds. The van der Waals surface area contributed by atoms with Crippen molar-refractivity contribution in [3.05, 3.63) is 65.0 Å². The molecule has 0 N–H and O–H groups in total. The Morgan fingerprint density at radius 1 is 1.14 bits per heavy atom. The molecular weight excluding hydrogens is 338 g/mol. The van der Waals surface area contributed by atoms with Crippen molar-refractivity contribution in [2.75, 3.05) is 0 Å². The molecule has 3 rings (SSSR count). The Hall–Kier alpha value is -2.34. The highest BCUT2D eigenvalue weighted by Gasteiger charge is 2.14. The molecule has 0 aliphatic carbocycles. The first-order valence-corrected chi connectivity index (χ1v) is 6.94. The van der Waals surface area contributed by atoms with E-state index in [0.717, 1.165) is 5.56 Å². The monoisotopic (exact) mass is 347 g/mol. The number of ether oxygens (including phenoxy) is 1. The lowest BCUT2D eigenvalue weighted by Crippen LogP contribution is -2.03. The van der Waals surface area contributed by atoms with E-state index in [2.05, 4.69) is 20.9 Å². The van der Waals surface area contributed by atoms with Crippen LogP contribution in [0.2, 0.25) is 0 Å². The number of hydrogen-bond acceptors (Lipinski definition) is 5. The van der Waals surface area contributed by atoms with Crippen molar-refractivity contribution in [2.45, 2.75) is 6.61 Å². The lowest BCUT2D eigenvalue weighted by Gasteiger charge is -1.99. The Balaban J connectivity index is 1.64. The predicted octanol–water partition coefficient (Wildman–Crippen LogP) is 4.05. The van der Waals surface area contributed by atoms with Gasteiger partial charge in [0.25, 0.3) is 0 Å². The Morgan fingerprint density at radius 2 is 1.95 bits per heavy atom. The van der Waals surface area contributed by atoms with Gasteiger partial charge in [0, 0.05) is 5.56 Å². The first-order chi connectivity index (χ1) is 10.2. The molecule has 0 atom stereocenters. The normalized spacial score (nSPS) is 10.5. The minimum absolute atomic E-state index is 0.0516. The molecule has 0 spiro atoms. The highest BCUT2D eigenvalue weighted by molar-refractivity contribution is 9.10. The first kappa shape index (κ1) is 13.6. The summed E-state index contributed by atoms with van der Waals surface area (Å²) in [4.78, 5) is 15.8. The van der Waals surface area contributed by atoms with Crippen molar-refractivity contribution in [3.63, 3.8) is 0 Å². The van der Waals surface area contributed by atoms with Crippen molar-refractivity contribution in [1.82, 2.24) is 4.98 Å². The van der Waals surface area contributed by atoms with Crippen LogP contribution in [0, 0.1) is 0 Å². The fourth-order valence-electron chi connectivity index (χ4n) is 1.74. The third kappa shape index (κ3) is 3.22. The van der Waals surface area contributed by atoms with Crippen molar-refractivity contribution < 1.29 is 18.4 Å². The maximum atomic E-state index is 11.7. The highest BCUT2D eigenvalue weighted by Crippen LogP contribution is 2.20. The second kappa shape index (κ2) is 5.97. The fraction of sp³-hybridized carbons (Fsp3) is 0.0667. The number of esters is 1. The number of carbonyl (C=O) groups is 1. The van der Waals surface area contributed by atoms with Crippen molar-refractivity contribution in [1.29, 1.82) is 0 Å². The van der Waals surface area contributed by atoms with Gasteiger partial charge in [-0.3, -0.25) is 0 Å². The molecule has 0 saturated carbocycles. The SMILES string of the molecule is O=C(OCc1ncc(-c2ccccc2)o1)c1ccc(Br)o1. The molecule has 0 aliphatic heterocycles. The minimum Gasteiger partial charge on any atom is -0.450 e. The van der Waals surface area contributed by atoms with Crippen molar-refractivity contribution in [3.8, 4) is 11.3 Å². The zero-order chi connectivity index (χ0) is 14.7. The second-order valence-corrected chi connectivity index (χ2v) is 4.95. The van der Waals surface area contributed by atoms with E-state index < -0.39 is 5.97 Å². The summed E-state index contributed by atoms with van der Waals surface area (Å²) in [6.45, 7) is -0.0516. The van der Waals surface area contributed by atoms with Gasteiger partial charge in [-0.1, -0.05) is 30.3 Å². The number of benzene rings is 1. The van der Waals surface area contributed by atoms with Crippen LogP contribution >= 0.6 is 15.9 Å².